The van der Waals surface area contributed by atoms with Crippen LogP contribution in [0.15, 0.2) is 27.4 Å². The second-order valence-electron chi connectivity index (χ2n) is 4.84. The SMILES string of the molecule is Cc1occc1-c1cnc(CCCNC2CC2)o1. The quantitative estimate of drug-likeness (QED) is 0.796. The van der Waals surface area contributed by atoms with Crippen molar-refractivity contribution < 1.29 is 8.83 Å². The van der Waals surface area contributed by atoms with Crippen LogP contribution in [0, 0.1) is 6.92 Å². The van der Waals surface area contributed by atoms with Gasteiger partial charge in [0.1, 0.15) is 5.76 Å². The minimum Gasteiger partial charge on any atom is -0.469 e. The molecule has 0 aliphatic heterocycles. The summed E-state index contributed by atoms with van der Waals surface area (Å²) in [5.74, 6) is 2.47. The Morgan fingerprint density at radius 1 is 1.44 bits per heavy atom. The van der Waals surface area contributed by atoms with Crippen LogP contribution in [0.1, 0.15) is 30.9 Å². The fourth-order valence-corrected chi connectivity index (χ4v) is 2.02. The van der Waals surface area contributed by atoms with E-state index in [0.29, 0.717) is 0 Å². The maximum Gasteiger partial charge on any atom is 0.194 e. The molecule has 0 unspecified atom stereocenters. The van der Waals surface area contributed by atoms with Crippen LogP contribution < -0.4 is 5.32 Å². The van der Waals surface area contributed by atoms with E-state index in [9.17, 15) is 0 Å². The number of aryl methyl sites for hydroxylation is 2. The fraction of sp³-hybridized carbons (Fsp3) is 0.500. The van der Waals surface area contributed by atoms with Crippen molar-refractivity contribution in [2.45, 2.75) is 38.6 Å². The van der Waals surface area contributed by atoms with E-state index in [-0.39, 0.29) is 0 Å². The van der Waals surface area contributed by atoms with Crippen molar-refractivity contribution in [3.8, 4) is 11.3 Å². The Balaban J connectivity index is 1.54. The second kappa shape index (κ2) is 4.98. The normalized spacial score (nSPS) is 15.2. The molecular formula is C14H18N2O2. The van der Waals surface area contributed by atoms with Crippen molar-refractivity contribution in [1.29, 1.82) is 0 Å². The molecule has 1 saturated carbocycles. The molecule has 3 rings (SSSR count). The van der Waals surface area contributed by atoms with Crippen molar-refractivity contribution in [2.75, 3.05) is 6.54 Å². The predicted molar refractivity (Wildman–Crippen MR) is 68.3 cm³/mol. The molecular weight excluding hydrogens is 228 g/mol. The molecule has 2 heterocycles. The lowest BCUT2D eigenvalue weighted by molar-refractivity contribution is 0.488. The average molecular weight is 246 g/mol. The third-order valence-electron chi connectivity index (χ3n) is 3.26. The van der Waals surface area contributed by atoms with Crippen LogP contribution in [0.3, 0.4) is 0 Å². The zero-order valence-electron chi connectivity index (χ0n) is 10.6. The summed E-state index contributed by atoms with van der Waals surface area (Å²) < 4.78 is 11.0. The molecule has 2 aromatic heterocycles. The van der Waals surface area contributed by atoms with E-state index in [2.05, 4.69) is 10.3 Å². The minimum absolute atomic E-state index is 0.777. The van der Waals surface area contributed by atoms with Crippen molar-refractivity contribution in [3.05, 3.63) is 30.2 Å². The van der Waals surface area contributed by atoms with Crippen LogP contribution in [0.2, 0.25) is 0 Å². The first-order valence-electron chi connectivity index (χ1n) is 6.55. The molecule has 0 atom stereocenters. The smallest absolute Gasteiger partial charge is 0.194 e. The summed E-state index contributed by atoms with van der Waals surface area (Å²) in [7, 11) is 0. The van der Waals surface area contributed by atoms with E-state index in [0.717, 1.165) is 48.4 Å². The van der Waals surface area contributed by atoms with Gasteiger partial charge in [0.25, 0.3) is 0 Å². The summed E-state index contributed by atoms with van der Waals surface area (Å²) >= 11 is 0. The van der Waals surface area contributed by atoms with Crippen molar-refractivity contribution in [1.82, 2.24) is 10.3 Å². The molecule has 1 N–H and O–H groups in total. The van der Waals surface area contributed by atoms with E-state index >= 15 is 0 Å². The number of aromatic nitrogens is 1. The number of hydrogen-bond acceptors (Lipinski definition) is 4. The fourth-order valence-electron chi connectivity index (χ4n) is 2.02. The lowest BCUT2D eigenvalue weighted by Gasteiger charge is -1.99. The first kappa shape index (κ1) is 11.5. The molecule has 4 nitrogen and oxygen atoms in total. The van der Waals surface area contributed by atoms with Gasteiger partial charge >= 0.3 is 0 Å². The van der Waals surface area contributed by atoms with Gasteiger partial charge in [0, 0.05) is 12.5 Å². The van der Waals surface area contributed by atoms with E-state index in [1.54, 1.807) is 12.5 Å². The molecule has 0 bridgehead atoms. The predicted octanol–water partition coefficient (Wildman–Crippen LogP) is 2.93. The Bertz CT molecular complexity index is 511. The highest BCUT2D eigenvalue weighted by molar-refractivity contribution is 5.58. The van der Waals surface area contributed by atoms with Crippen LogP contribution in [-0.2, 0) is 6.42 Å². The number of nitrogens with one attached hydrogen (secondary N) is 1. The highest BCUT2D eigenvalue weighted by Gasteiger charge is 2.19. The molecule has 4 heteroatoms. The molecule has 1 fully saturated rings. The van der Waals surface area contributed by atoms with E-state index in [1.165, 1.54) is 12.8 Å². The maximum absolute atomic E-state index is 5.73. The maximum atomic E-state index is 5.73. The van der Waals surface area contributed by atoms with Crippen LogP contribution >= 0.6 is 0 Å². The topological polar surface area (TPSA) is 51.2 Å². The van der Waals surface area contributed by atoms with Gasteiger partial charge in [0.05, 0.1) is 18.0 Å². The number of furan rings is 1. The molecule has 96 valence electrons. The van der Waals surface area contributed by atoms with Gasteiger partial charge in [-0.1, -0.05) is 0 Å². The summed E-state index contributed by atoms with van der Waals surface area (Å²) in [4.78, 5) is 4.31. The van der Waals surface area contributed by atoms with Crippen molar-refractivity contribution >= 4 is 0 Å². The largest absolute Gasteiger partial charge is 0.469 e. The van der Waals surface area contributed by atoms with Crippen LogP contribution in [0.25, 0.3) is 11.3 Å². The van der Waals surface area contributed by atoms with Gasteiger partial charge in [-0.15, -0.1) is 0 Å². The molecule has 0 saturated heterocycles. The van der Waals surface area contributed by atoms with Crippen molar-refractivity contribution in [3.63, 3.8) is 0 Å². The van der Waals surface area contributed by atoms with Crippen LogP contribution in [0.5, 0.6) is 0 Å². The summed E-state index contributed by atoms with van der Waals surface area (Å²) in [5, 5.41) is 3.49. The summed E-state index contributed by atoms with van der Waals surface area (Å²) in [6.45, 7) is 2.98. The lowest BCUT2D eigenvalue weighted by atomic mass is 10.2. The third-order valence-corrected chi connectivity index (χ3v) is 3.26. The van der Waals surface area contributed by atoms with Crippen LogP contribution in [0.4, 0.5) is 0 Å². The highest BCUT2D eigenvalue weighted by atomic mass is 16.4. The standard InChI is InChI=1S/C14H18N2O2/c1-10-12(6-8-17-10)13-9-16-14(18-13)3-2-7-15-11-4-5-11/h6,8-9,11,15H,2-5,7H2,1H3. The monoisotopic (exact) mass is 246 g/mol. The molecule has 0 aromatic carbocycles. The zero-order valence-corrected chi connectivity index (χ0v) is 10.6. The third kappa shape index (κ3) is 2.64. The Hall–Kier alpha value is -1.55. The Morgan fingerprint density at radius 2 is 2.33 bits per heavy atom. The molecule has 1 aliphatic carbocycles. The Kier molecular flexibility index (Phi) is 3.19. The number of hydrogen-bond donors (Lipinski definition) is 1. The van der Waals surface area contributed by atoms with E-state index in [4.69, 9.17) is 8.83 Å². The van der Waals surface area contributed by atoms with Gasteiger partial charge in [-0.2, -0.15) is 0 Å². The first-order chi connectivity index (χ1) is 8.83. The first-order valence-corrected chi connectivity index (χ1v) is 6.55. The molecule has 1 aliphatic rings. The van der Waals surface area contributed by atoms with Gasteiger partial charge in [-0.3, -0.25) is 0 Å². The zero-order chi connectivity index (χ0) is 12.4. The molecule has 0 spiro atoms. The molecule has 0 amide bonds. The second-order valence-corrected chi connectivity index (χ2v) is 4.84. The minimum atomic E-state index is 0.777. The number of rotatable bonds is 6. The number of oxazole rings is 1. The van der Waals surface area contributed by atoms with E-state index in [1.807, 2.05) is 13.0 Å². The number of nitrogens with zero attached hydrogens (tertiary/aromatic N) is 1. The van der Waals surface area contributed by atoms with Crippen LogP contribution in [-0.4, -0.2) is 17.6 Å². The Morgan fingerprint density at radius 3 is 3.06 bits per heavy atom. The summed E-state index contributed by atoms with van der Waals surface area (Å²) in [6, 6.07) is 2.69. The highest BCUT2D eigenvalue weighted by Crippen LogP contribution is 2.25. The van der Waals surface area contributed by atoms with Gasteiger partial charge in [0.2, 0.25) is 0 Å². The van der Waals surface area contributed by atoms with Gasteiger partial charge in [-0.05, 0) is 38.8 Å². The Labute approximate surface area is 106 Å². The molecule has 2 aromatic rings. The summed E-state index contributed by atoms with van der Waals surface area (Å²) in [5.41, 5.74) is 0.991. The van der Waals surface area contributed by atoms with Gasteiger partial charge in [-0.25, -0.2) is 4.98 Å². The van der Waals surface area contributed by atoms with Gasteiger partial charge < -0.3 is 14.2 Å². The van der Waals surface area contributed by atoms with Gasteiger partial charge in [0.15, 0.2) is 11.7 Å². The summed E-state index contributed by atoms with van der Waals surface area (Å²) in [6.07, 6.45) is 8.08. The van der Waals surface area contributed by atoms with E-state index < -0.39 is 0 Å². The lowest BCUT2D eigenvalue weighted by Crippen LogP contribution is -2.17. The van der Waals surface area contributed by atoms with Crippen molar-refractivity contribution in [2.24, 2.45) is 0 Å². The molecule has 18 heavy (non-hydrogen) atoms. The molecule has 0 radical (unpaired) electrons. The average Bonchev–Trinajstić information content (AvgIpc) is 2.90.